The van der Waals surface area contributed by atoms with E-state index in [0.29, 0.717) is 17.9 Å². The third-order valence-electron chi connectivity index (χ3n) is 4.08. The predicted octanol–water partition coefficient (Wildman–Crippen LogP) is 3.35. The molecule has 1 aliphatic heterocycles. The van der Waals surface area contributed by atoms with E-state index in [1.54, 1.807) is 19.1 Å². The fraction of sp³-hybridized carbons (Fsp3) is 0.190. The maximum Gasteiger partial charge on any atom is 0.387 e. The van der Waals surface area contributed by atoms with Gasteiger partial charge >= 0.3 is 6.61 Å². The lowest BCUT2D eigenvalue weighted by atomic mass is 10.1. The van der Waals surface area contributed by atoms with Crippen LogP contribution in [-0.2, 0) is 9.59 Å². The number of hydrogen-bond donors (Lipinski definition) is 2. The van der Waals surface area contributed by atoms with Crippen molar-refractivity contribution in [3.8, 4) is 17.2 Å². The van der Waals surface area contributed by atoms with Gasteiger partial charge in [-0.3, -0.25) is 14.5 Å². The summed E-state index contributed by atoms with van der Waals surface area (Å²) in [4.78, 5) is 29.9. The summed E-state index contributed by atoms with van der Waals surface area (Å²) in [7, 11) is 0. The van der Waals surface area contributed by atoms with Crippen molar-refractivity contribution in [2.75, 3.05) is 17.3 Å². The topological polar surface area (TPSA) is 114 Å². The minimum Gasteiger partial charge on any atom is -0.504 e. The summed E-state index contributed by atoms with van der Waals surface area (Å²) in [6.45, 7) is -0.857. The number of amides is 2. The molecule has 168 valence electrons. The third-order valence-corrected chi connectivity index (χ3v) is 5.04. The van der Waals surface area contributed by atoms with Crippen molar-refractivity contribution >= 4 is 40.5 Å². The van der Waals surface area contributed by atoms with Crippen LogP contribution < -0.4 is 20.1 Å². The van der Waals surface area contributed by atoms with Gasteiger partial charge in [-0.05, 0) is 55.0 Å². The number of benzene rings is 2. The number of carbonyl (C=O) groups is 2. The van der Waals surface area contributed by atoms with E-state index >= 15 is 0 Å². The molecule has 0 aliphatic carbocycles. The van der Waals surface area contributed by atoms with Crippen molar-refractivity contribution in [2.45, 2.75) is 13.5 Å². The average Bonchev–Trinajstić information content (AvgIpc) is 3.04. The number of anilines is 1. The summed E-state index contributed by atoms with van der Waals surface area (Å²) < 4.78 is 34.5. The second kappa shape index (κ2) is 10.1. The van der Waals surface area contributed by atoms with E-state index < -0.39 is 18.4 Å². The maximum atomic E-state index is 13.1. The number of amidine groups is 1. The molecule has 11 heteroatoms. The van der Waals surface area contributed by atoms with E-state index in [-0.39, 0.29) is 33.9 Å². The number of phenols is 1. The Labute approximate surface area is 186 Å². The highest BCUT2D eigenvalue weighted by molar-refractivity contribution is 8.14. The quantitative estimate of drug-likeness (QED) is 0.581. The molecule has 32 heavy (non-hydrogen) atoms. The monoisotopic (exact) mass is 463 g/mol. The smallest absolute Gasteiger partial charge is 0.387 e. The second-order valence-corrected chi connectivity index (χ2v) is 7.29. The van der Waals surface area contributed by atoms with E-state index in [1.807, 2.05) is 0 Å². The Hall–Kier alpha value is -3.60. The van der Waals surface area contributed by atoms with Crippen LogP contribution in [0.15, 0.2) is 53.2 Å². The molecule has 8 nitrogen and oxygen atoms in total. The van der Waals surface area contributed by atoms with Crippen LogP contribution in [0.3, 0.4) is 0 Å². The number of aliphatic imine (C=N–C) groups is 1. The van der Waals surface area contributed by atoms with Gasteiger partial charge in [-0.2, -0.15) is 8.78 Å². The molecule has 0 aromatic heterocycles. The number of primary amides is 1. The van der Waals surface area contributed by atoms with Crippen LogP contribution in [0.1, 0.15) is 12.5 Å². The maximum absolute atomic E-state index is 13.1. The molecule has 3 N–H and O–H groups in total. The minimum atomic E-state index is -2.97. The van der Waals surface area contributed by atoms with Gasteiger partial charge in [-0.25, -0.2) is 4.99 Å². The number of thioether (sulfide) groups is 1. The zero-order valence-corrected chi connectivity index (χ0v) is 17.6. The zero-order valence-electron chi connectivity index (χ0n) is 16.8. The summed E-state index contributed by atoms with van der Waals surface area (Å²) >= 11 is 0.965. The lowest BCUT2D eigenvalue weighted by Gasteiger charge is -2.18. The van der Waals surface area contributed by atoms with Gasteiger partial charge in [-0.1, -0.05) is 17.8 Å². The minimum absolute atomic E-state index is 0.0410. The van der Waals surface area contributed by atoms with Crippen LogP contribution in [0, 0.1) is 0 Å². The highest BCUT2D eigenvalue weighted by Crippen LogP contribution is 2.32. The summed E-state index contributed by atoms with van der Waals surface area (Å²) in [6, 6.07) is 10.0. The summed E-state index contributed by atoms with van der Waals surface area (Å²) in [6.07, 6.45) is 1.50. The Bertz CT molecular complexity index is 1070. The van der Waals surface area contributed by atoms with Gasteiger partial charge < -0.3 is 20.3 Å². The summed E-state index contributed by atoms with van der Waals surface area (Å²) in [5, 5.41) is 10.1. The SMILES string of the molecule is CCOc1cc(C=C2N=C(SCC(N)=O)N(c3ccc(OC(F)F)cc3)C2=O)ccc1O. The third kappa shape index (κ3) is 5.55. The second-order valence-electron chi connectivity index (χ2n) is 6.35. The molecule has 0 saturated heterocycles. The molecule has 2 aromatic carbocycles. The molecule has 3 rings (SSSR count). The number of nitrogens with two attached hydrogens (primary N) is 1. The first kappa shape index (κ1) is 23.1. The number of carbonyl (C=O) groups excluding carboxylic acids is 2. The van der Waals surface area contributed by atoms with Gasteiger partial charge in [-0.15, -0.1) is 0 Å². The first-order valence-corrected chi connectivity index (χ1v) is 10.3. The predicted molar refractivity (Wildman–Crippen MR) is 117 cm³/mol. The fourth-order valence-electron chi connectivity index (χ4n) is 2.78. The number of ether oxygens (including phenoxy) is 2. The Morgan fingerprint density at radius 3 is 2.62 bits per heavy atom. The van der Waals surface area contributed by atoms with Gasteiger partial charge in [0.05, 0.1) is 18.0 Å². The van der Waals surface area contributed by atoms with E-state index in [2.05, 4.69) is 9.73 Å². The molecule has 0 unspecified atom stereocenters. The van der Waals surface area contributed by atoms with Crippen molar-refractivity contribution in [3.63, 3.8) is 0 Å². The molecule has 0 fully saturated rings. The largest absolute Gasteiger partial charge is 0.504 e. The van der Waals surface area contributed by atoms with Crippen LogP contribution in [0.4, 0.5) is 14.5 Å². The molecule has 0 atom stereocenters. The standard InChI is InChI=1S/C21H19F2N3O5S/c1-2-30-17-10-12(3-8-16(17)27)9-15-19(29)26(21(25-15)32-11-18(24)28)13-4-6-14(7-5-13)31-20(22)23/h3-10,20,27H,2,11H2,1H3,(H2,24,28). The van der Waals surface area contributed by atoms with Crippen molar-refractivity contribution in [2.24, 2.45) is 10.7 Å². The van der Waals surface area contributed by atoms with E-state index in [1.165, 1.54) is 41.3 Å². The number of alkyl halides is 2. The first-order chi connectivity index (χ1) is 15.3. The number of hydrogen-bond acceptors (Lipinski definition) is 7. The van der Waals surface area contributed by atoms with Crippen LogP contribution in [0.5, 0.6) is 17.2 Å². The van der Waals surface area contributed by atoms with Crippen LogP contribution in [-0.4, -0.2) is 41.1 Å². The molecule has 1 heterocycles. The number of phenolic OH excluding ortho intramolecular Hbond substituents is 1. The zero-order chi connectivity index (χ0) is 23.3. The number of halogens is 2. The number of aromatic hydroxyl groups is 1. The Kier molecular flexibility index (Phi) is 7.31. The molecule has 2 aromatic rings. The van der Waals surface area contributed by atoms with Crippen LogP contribution in [0.2, 0.25) is 0 Å². The van der Waals surface area contributed by atoms with Crippen LogP contribution >= 0.6 is 11.8 Å². The molecular weight excluding hydrogens is 444 g/mol. The van der Waals surface area contributed by atoms with E-state index in [0.717, 1.165) is 11.8 Å². The van der Waals surface area contributed by atoms with Gasteiger partial charge in [0.25, 0.3) is 5.91 Å². The lowest BCUT2D eigenvalue weighted by Crippen LogP contribution is -2.31. The first-order valence-electron chi connectivity index (χ1n) is 9.35. The Morgan fingerprint density at radius 1 is 1.28 bits per heavy atom. The lowest BCUT2D eigenvalue weighted by molar-refractivity contribution is -0.115. The molecule has 2 amide bonds. The van der Waals surface area contributed by atoms with Crippen molar-refractivity contribution < 1.29 is 33.0 Å². The number of nitrogens with zero attached hydrogens (tertiary/aromatic N) is 2. The van der Waals surface area contributed by atoms with Gasteiger partial charge in [0.15, 0.2) is 16.7 Å². The molecule has 1 aliphatic rings. The molecule has 0 radical (unpaired) electrons. The fourth-order valence-corrected chi connectivity index (χ4v) is 3.53. The van der Waals surface area contributed by atoms with Gasteiger partial charge in [0.2, 0.25) is 5.91 Å². The van der Waals surface area contributed by atoms with E-state index in [9.17, 15) is 23.5 Å². The highest BCUT2D eigenvalue weighted by Gasteiger charge is 2.32. The Balaban J connectivity index is 1.94. The van der Waals surface area contributed by atoms with Gasteiger partial charge in [0.1, 0.15) is 11.4 Å². The average molecular weight is 463 g/mol. The molecule has 0 saturated carbocycles. The molecule has 0 bridgehead atoms. The van der Waals surface area contributed by atoms with Crippen LogP contribution in [0.25, 0.3) is 6.08 Å². The highest BCUT2D eigenvalue weighted by atomic mass is 32.2. The molecule has 0 spiro atoms. The summed E-state index contributed by atoms with van der Waals surface area (Å²) in [5.74, 6) is -1.06. The number of rotatable bonds is 8. The van der Waals surface area contributed by atoms with Crippen molar-refractivity contribution in [1.29, 1.82) is 0 Å². The Morgan fingerprint density at radius 2 is 2.00 bits per heavy atom. The summed E-state index contributed by atoms with van der Waals surface area (Å²) in [5.41, 5.74) is 6.18. The van der Waals surface area contributed by atoms with Gasteiger partial charge in [0, 0.05) is 0 Å². The normalized spacial score (nSPS) is 14.8. The van der Waals surface area contributed by atoms with Crippen molar-refractivity contribution in [1.82, 2.24) is 0 Å². The molecular formula is C21H19F2N3O5S. The van der Waals surface area contributed by atoms with E-state index in [4.69, 9.17) is 10.5 Å². The van der Waals surface area contributed by atoms with Crippen molar-refractivity contribution in [3.05, 3.63) is 53.7 Å².